The van der Waals surface area contributed by atoms with E-state index in [9.17, 15) is 9.59 Å². The SMILES string of the molecule is COc1cccc(OC)c1C(=O)Nc1cccc(C(=O)N[C@H](C)c2ccccc2)c1. The van der Waals surface area contributed by atoms with Crippen molar-refractivity contribution in [2.24, 2.45) is 0 Å². The summed E-state index contributed by atoms with van der Waals surface area (Å²) in [5.74, 6) is 0.187. The Morgan fingerprint density at radius 1 is 0.800 bits per heavy atom. The van der Waals surface area contributed by atoms with E-state index < -0.39 is 0 Å². The van der Waals surface area contributed by atoms with Gasteiger partial charge in [-0.2, -0.15) is 0 Å². The van der Waals surface area contributed by atoms with E-state index in [0.717, 1.165) is 5.56 Å². The summed E-state index contributed by atoms with van der Waals surface area (Å²) in [6.07, 6.45) is 0. The van der Waals surface area contributed by atoms with Crippen LogP contribution >= 0.6 is 0 Å². The van der Waals surface area contributed by atoms with Gasteiger partial charge in [-0.3, -0.25) is 9.59 Å². The molecule has 154 valence electrons. The number of methoxy groups -OCH3 is 2. The molecule has 2 amide bonds. The number of hydrogen-bond donors (Lipinski definition) is 2. The quantitative estimate of drug-likeness (QED) is 0.610. The molecular formula is C24H24N2O4. The van der Waals surface area contributed by atoms with Crippen LogP contribution in [0.2, 0.25) is 0 Å². The van der Waals surface area contributed by atoms with E-state index in [1.54, 1.807) is 42.5 Å². The van der Waals surface area contributed by atoms with E-state index in [1.165, 1.54) is 14.2 Å². The summed E-state index contributed by atoms with van der Waals surface area (Å²) < 4.78 is 10.6. The van der Waals surface area contributed by atoms with Gasteiger partial charge in [0.2, 0.25) is 0 Å². The van der Waals surface area contributed by atoms with Crippen LogP contribution in [0, 0.1) is 0 Å². The molecule has 0 saturated heterocycles. The fourth-order valence-corrected chi connectivity index (χ4v) is 3.11. The average molecular weight is 404 g/mol. The molecule has 0 spiro atoms. The Morgan fingerprint density at radius 3 is 2.07 bits per heavy atom. The van der Waals surface area contributed by atoms with Crippen LogP contribution in [0.25, 0.3) is 0 Å². The molecule has 6 nitrogen and oxygen atoms in total. The molecule has 2 N–H and O–H groups in total. The van der Waals surface area contributed by atoms with Crippen LogP contribution in [0.1, 0.15) is 39.2 Å². The van der Waals surface area contributed by atoms with Gasteiger partial charge >= 0.3 is 0 Å². The monoisotopic (exact) mass is 404 g/mol. The smallest absolute Gasteiger partial charge is 0.263 e. The lowest BCUT2D eigenvalue weighted by Gasteiger charge is -2.15. The predicted octanol–water partition coefficient (Wildman–Crippen LogP) is 4.45. The molecule has 0 heterocycles. The molecular weight excluding hydrogens is 380 g/mol. The van der Waals surface area contributed by atoms with Crippen LogP contribution < -0.4 is 20.1 Å². The first-order valence-electron chi connectivity index (χ1n) is 9.51. The number of benzene rings is 3. The zero-order valence-electron chi connectivity index (χ0n) is 17.1. The second kappa shape index (κ2) is 9.60. The predicted molar refractivity (Wildman–Crippen MR) is 116 cm³/mol. The van der Waals surface area contributed by atoms with Crippen molar-refractivity contribution in [1.82, 2.24) is 5.32 Å². The highest BCUT2D eigenvalue weighted by molar-refractivity contribution is 6.08. The zero-order chi connectivity index (χ0) is 21.5. The minimum Gasteiger partial charge on any atom is -0.496 e. The van der Waals surface area contributed by atoms with Crippen molar-refractivity contribution < 1.29 is 19.1 Å². The third-order valence-electron chi connectivity index (χ3n) is 4.68. The summed E-state index contributed by atoms with van der Waals surface area (Å²) in [6.45, 7) is 1.92. The van der Waals surface area contributed by atoms with Crippen LogP contribution in [0.15, 0.2) is 72.8 Å². The molecule has 0 aromatic heterocycles. The van der Waals surface area contributed by atoms with Crippen LogP contribution in [-0.4, -0.2) is 26.0 Å². The van der Waals surface area contributed by atoms with E-state index in [-0.39, 0.29) is 23.4 Å². The maximum Gasteiger partial charge on any atom is 0.263 e. The van der Waals surface area contributed by atoms with Crippen LogP contribution in [-0.2, 0) is 0 Å². The van der Waals surface area contributed by atoms with Gasteiger partial charge in [0.05, 0.1) is 20.3 Å². The Balaban J connectivity index is 1.76. The summed E-state index contributed by atoms with van der Waals surface area (Å²) in [5.41, 5.74) is 2.24. The van der Waals surface area contributed by atoms with Gasteiger partial charge in [-0.15, -0.1) is 0 Å². The van der Waals surface area contributed by atoms with Gasteiger partial charge < -0.3 is 20.1 Å². The first-order chi connectivity index (χ1) is 14.5. The summed E-state index contributed by atoms with van der Waals surface area (Å²) in [6, 6.07) is 21.5. The lowest BCUT2D eigenvalue weighted by molar-refractivity contribution is 0.0938. The standard InChI is InChI=1S/C24H24N2O4/c1-16(17-9-5-4-6-10-17)25-23(27)18-11-7-12-19(15-18)26-24(28)22-20(29-2)13-8-14-21(22)30-3/h4-16H,1-3H3,(H,25,27)(H,26,28)/t16-/m1/s1. The number of anilines is 1. The van der Waals surface area contributed by atoms with Crippen molar-refractivity contribution in [3.8, 4) is 11.5 Å². The number of hydrogen-bond acceptors (Lipinski definition) is 4. The fourth-order valence-electron chi connectivity index (χ4n) is 3.11. The lowest BCUT2D eigenvalue weighted by atomic mass is 10.1. The third-order valence-corrected chi connectivity index (χ3v) is 4.68. The number of carbonyl (C=O) groups excluding carboxylic acids is 2. The van der Waals surface area contributed by atoms with Gasteiger partial charge in [-0.25, -0.2) is 0 Å². The zero-order valence-corrected chi connectivity index (χ0v) is 17.1. The van der Waals surface area contributed by atoms with Gasteiger partial charge in [0.25, 0.3) is 11.8 Å². The maximum absolute atomic E-state index is 12.8. The maximum atomic E-state index is 12.8. The number of carbonyl (C=O) groups is 2. The van der Waals surface area contributed by atoms with Gasteiger partial charge in [0.15, 0.2) is 0 Å². The molecule has 0 saturated carbocycles. The van der Waals surface area contributed by atoms with Crippen molar-refractivity contribution in [3.05, 3.63) is 89.5 Å². The van der Waals surface area contributed by atoms with Crippen LogP contribution in [0.5, 0.6) is 11.5 Å². The van der Waals surface area contributed by atoms with Gasteiger partial charge in [0, 0.05) is 11.3 Å². The molecule has 0 fully saturated rings. The fraction of sp³-hybridized carbons (Fsp3) is 0.167. The molecule has 1 atom stereocenters. The molecule has 0 aliphatic heterocycles. The Hall–Kier alpha value is -3.80. The van der Waals surface area contributed by atoms with E-state index in [1.807, 2.05) is 37.3 Å². The van der Waals surface area contributed by atoms with Crippen LogP contribution in [0.3, 0.4) is 0 Å². The number of nitrogens with one attached hydrogen (secondary N) is 2. The third kappa shape index (κ3) is 4.78. The topological polar surface area (TPSA) is 76.7 Å². The Labute approximate surface area is 175 Å². The van der Waals surface area contributed by atoms with E-state index in [4.69, 9.17) is 9.47 Å². The average Bonchev–Trinajstić information content (AvgIpc) is 2.79. The second-order valence-corrected chi connectivity index (χ2v) is 6.68. The molecule has 3 aromatic rings. The van der Waals surface area contributed by atoms with Gasteiger partial charge in [0.1, 0.15) is 17.1 Å². The first kappa shape index (κ1) is 20.9. The molecule has 0 radical (unpaired) electrons. The van der Waals surface area contributed by atoms with Crippen molar-refractivity contribution in [2.45, 2.75) is 13.0 Å². The number of rotatable bonds is 7. The Morgan fingerprint density at radius 2 is 1.43 bits per heavy atom. The summed E-state index contributed by atoms with van der Waals surface area (Å²) >= 11 is 0. The largest absolute Gasteiger partial charge is 0.496 e. The van der Waals surface area contributed by atoms with Crippen molar-refractivity contribution >= 4 is 17.5 Å². The summed E-state index contributed by atoms with van der Waals surface area (Å²) in [4.78, 5) is 25.5. The molecule has 0 bridgehead atoms. The molecule has 3 rings (SSSR count). The highest BCUT2D eigenvalue weighted by Gasteiger charge is 2.19. The van der Waals surface area contributed by atoms with E-state index in [2.05, 4.69) is 10.6 Å². The molecule has 30 heavy (non-hydrogen) atoms. The molecule has 0 aliphatic carbocycles. The van der Waals surface area contributed by atoms with E-state index in [0.29, 0.717) is 22.7 Å². The van der Waals surface area contributed by atoms with Gasteiger partial charge in [-0.1, -0.05) is 42.5 Å². The molecule has 0 aliphatic rings. The molecule has 6 heteroatoms. The van der Waals surface area contributed by atoms with Crippen molar-refractivity contribution in [3.63, 3.8) is 0 Å². The second-order valence-electron chi connectivity index (χ2n) is 6.68. The normalized spacial score (nSPS) is 11.3. The summed E-state index contributed by atoms with van der Waals surface area (Å²) in [7, 11) is 2.98. The highest BCUT2D eigenvalue weighted by atomic mass is 16.5. The lowest BCUT2D eigenvalue weighted by Crippen LogP contribution is -2.26. The highest BCUT2D eigenvalue weighted by Crippen LogP contribution is 2.29. The van der Waals surface area contributed by atoms with E-state index >= 15 is 0 Å². The molecule has 0 unspecified atom stereocenters. The minimum atomic E-state index is -0.389. The molecule has 3 aromatic carbocycles. The Kier molecular flexibility index (Phi) is 6.70. The minimum absolute atomic E-state index is 0.144. The van der Waals surface area contributed by atoms with Crippen LogP contribution in [0.4, 0.5) is 5.69 Å². The first-order valence-corrected chi connectivity index (χ1v) is 9.51. The Bertz CT molecular complexity index is 1010. The number of amides is 2. The van der Waals surface area contributed by atoms with Gasteiger partial charge in [-0.05, 0) is 42.8 Å². The number of ether oxygens (including phenoxy) is 2. The van der Waals surface area contributed by atoms with Crippen molar-refractivity contribution in [1.29, 1.82) is 0 Å². The van der Waals surface area contributed by atoms with Crippen molar-refractivity contribution in [2.75, 3.05) is 19.5 Å². The summed E-state index contributed by atoms with van der Waals surface area (Å²) in [5, 5.41) is 5.78.